The van der Waals surface area contributed by atoms with Crippen LogP contribution in [0.3, 0.4) is 0 Å². The van der Waals surface area contributed by atoms with E-state index in [-0.39, 0.29) is 5.57 Å². The van der Waals surface area contributed by atoms with Gasteiger partial charge in [0, 0.05) is 29.7 Å². The quantitative estimate of drug-likeness (QED) is 0.471. The number of nitriles is 1. The number of rotatable bonds is 6. The van der Waals surface area contributed by atoms with E-state index in [1.807, 2.05) is 43.3 Å². The first kappa shape index (κ1) is 21.3. The van der Waals surface area contributed by atoms with Crippen LogP contribution >= 0.6 is 0 Å². The summed E-state index contributed by atoms with van der Waals surface area (Å²) in [4.78, 5) is 19.8. The van der Waals surface area contributed by atoms with Crippen molar-refractivity contribution in [1.29, 1.82) is 5.26 Å². The third kappa shape index (κ3) is 4.88. The van der Waals surface area contributed by atoms with Crippen LogP contribution in [0.5, 0.6) is 5.75 Å². The summed E-state index contributed by atoms with van der Waals surface area (Å²) in [6, 6.07) is 18.8. The SMILES string of the molecule is CCOc1ccc(NC(=O)/C(C#N)=C\c2cc3ccccc3nc2N2CCOCC2)cc1. The van der Waals surface area contributed by atoms with Crippen LogP contribution in [0, 0.1) is 11.3 Å². The first-order valence-electron chi connectivity index (χ1n) is 10.6. The molecule has 0 unspecified atom stereocenters. The van der Waals surface area contributed by atoms with Crippen LogP contribution in [0.2, 0.25) is 0 Å². The van der Waals surface area contributed by atoms with Gasteiger partial charge in [0.05, 0.1) is 25.3 Å². The fraction of sp³-hybridized carbons (Fsp3) is 0.240. The monoisotopic (exact) mass is 428 g/mol. The van der Waals surface area contributed by atoms with Gasteiger partial charge in [-0.2, -0.15) is 5.26 Å². The Morgan fingerprint density at radius 3 is 2.69 bits per heavy atom. The molecule has 1 amide bonds. The van der Waals surface area contributed by atoms with Crippen molar-refractivity contribution in [1.82, 2.24) is 4.98 Å². The number of amides is 1. The summed E-state index contributed by atoms with van der Waals surface area (Å²) >= 11 is 0. The number of morpholine rings is 1. The molecule has 0 aliphatic carbocycles. The van der Waals surface area contributed by atoms with Gasteiger partial charge >= 0.3 is 0 Å². The summed E-state index contributed by atoms with van der Waals surface area (Å²) < 4.78 is 10.9. The summed E-state index contributed by atoms with van der Waals surface area (Å²) in [5.41, 5.74) is 2.18. The number of carbonyl (C=O) groups is 1. The van der Waals surface area contributed by atoms with E-state index in [4.69, 9.17) is 14.5 Å². The number of nitrogens with one attached hydrogen (secondary N) is 1. The molecular weight excluding hydrogens is 404 g/mol. The summed E-state index contributed by atoms with van der Waals surface area (Å²) in [7, 11) is 0. The predicted molar refractivity (Wildman–Crippen MR) is 125 cm³/mol. The number of fused-ring (bicyclic) bond motifs is 1. The van der Waals surface area contributed by atoms with Gasteiger partial charge in [-0.05, 0) is 49.4 Å². The molecule has 4 rings (SSSR count). The third-order valence-electron chi connectivity index (χ3n) is 5.13. The highest BCUT2D eigenvalue weighted by molar-refractivity contribution is 6.10. The number of carbonyl (C=O) groups excluding carboxylic acids is 1. The number of aromatic nitrogens is 1. The van der Waals surface area contributed by atoms with Crippen molar-refractivity contribution in [3.8, 4) is 11.8 Å². The molecule has 3 aromatic rings. The molecule has 0 bridgehead atoms. The van der Waals surface area contributed by atoms with E-state index in [1.165, 1.54) is 0 Å². The minimum absolute atomic E-state index is 0.00507. The fourth-order valence-corrected chi connectivity index (χ4v) is 3.56. The van der Waals surface area contributed by atoms with Crippen molar-refractivity contribution in [2.75, 3.05) is 43.1 Å². The van der Waals surface area contributed by atoms with Gasteiger partial charge in [0.15, 0.2) is 0 Å². The second-order valence-corrected chi connectivity index (χ2v) is 7.27. The van der Waals surface area contributed by atoms with Crippen molar-refractivity contribution < 1.29 is 14.3 Å². The van der Waals surface area contributed by atoms with Gasteiger partial charge in [-0.15, -0.1) is 0 Å². The van der Waals surface area contributed by atoms with Gasteiger partial charge < -0.3 is 19.7 Å². The van der Waals surface area contributed by atoms with E-state index >= 15 is 0 Å². The molecular formula is C25H24N4O3. The highest BCUT2D eigenvalue weighted by atomic mass is 16.5. The standard InChI is InChI=1S/C25H24N4O3/c1-2-32-22-9-7-21(8-10-22)27-25(30)20(17-26)16-19-15-18-5-3-4-6-23(18)28-24(19)29-11-13-31-14-12-29/h3-10,15-16H,2,11-14H2,1H3,(H,27,30)/b20-16-. The van der Waals surface area contributed by atoms with Gasteiger partial charge in [-0.25, -0.2) is 4.98 Å². The molecule has 7 nitrogen and oxygen atoms in total. The van der Waals surface area contributed by atoms with E-state index in [2.05, 4.69) is 10.2 Å². The molecule has 7 heteroatoms. The topological polar surface area (TPSA) is 87.5 Å². The van der Waals surface area contributed by atoms with Crippen LogP contribution in [-0.2, 0) is 9.53 Å². The Morgan fingerprint density at radius 2 is 1.97 bits per heavy atom. The Morgan fingerprint density at radius 1 is 1.22 bits per heavy atom. The zero-order valence-corrected chi connectivity index (χ0v) is 17.9. The molecule has 2 aromatic carbocycles. The maximum Gasteiger partial charge on any atom is 0.266 e. The third-order valence-corrected chi connectivity index (χ3v) is 5.13. The summed E-state index contributed by atoms with van der Waals surface area (Å²) in [6.07, 6.45) is 1.61. The molecule has 0 radical (unpaired) electrons. The normalized spacial score (nSPS) is 14.1. The average molecular weight is 428 g/mol. The van der Waals surface area contributed by atoms with Gasteiger partial charge in [0.1, 0.15) is 23.2 Å². The number of pyridine rings is 1. The molecule has 1 N–H and O–H groups in total. The number of benzene rings is 2. The highest BCUT2D eigenvalue weighted by Gasteiger charge is 2.18. The number of anilines is 2. The van der Waals surface area contributed by atoms with Crippen molar-refractivity contribution >= 4 is 34.4 Å². The van der Waals surface area contributed by atoms with Gasteiger partial charge in [0.25, 0.3) is 5.91 Å². The van der Waals surface area contributed by atoms with Crippen LogP contribution in [0.4, 0.5) is 11.5 Å². The Hall–Kier alpha value is -3.89. The molecule has 0 saturated carbocycles. The maximum atomic E-state index is 12.8. The molecule has 1 aromatic heterocycles. The van der Waals surface area contributed by atoms with E-state index < -0.39 is 5.91 Å². The van der Waals surface area contributed by atoms with Crippen LogP contribution in [-0.4, -0.2) is 43.8 Å². The first-order valence-corrected chi connectivity index (χ1v) is 10.6. The van der Waals surface area contributed by atoms with Crippen molar-refractivity contribution in [2.45, 2.75) is 6.92 Å². The summed E-state index contributed by atoms with van der Waals surface area (Å²) in [5.74, 6) is 0.991. The first-order chi connectivity index (χ1) is 15.7. The number of para-hydroxylation sites is 1. The van der Waals surface area contributed by atoms with Crippen molar-refractivity contribution in [3.63, 3.8) is 0 Å². The largest absolute Gasteiger partial charge is 0.494 e. The van der Waals surface area contributed by atoms with E-state index in [0.717, 1.165) is 28.0 Å². The lowest BCUT2D eigenvalue weighted by atomic mass is 10.1. The van der Waals surface area contributed by atoms with E-state index in [9.17, 15) is 10.1 Å². The molecule has 0 spiro atoms. The second kappa shape index (κ2) is 9.94. The van der Waals surface area contributed by atoms with Gasteiger partial charge in [0.2, 0.25) is 0 Å². The van der Waals surface area contributed by atoms with E-state index in [1.54, 1.807) is 30.3 Å². The molecule has 32 heavy (non-hydrogen) atoms. The molecule has 1 saturated heterocycles. The minimum atomic E-state index is -0.474. The van der Waals surface area contributed by atoms with Crippen LogP contribution in [0.15, 0.2) is 60.2 Å². The van der Waals surface area contributed by atoms with E-state index in [0.29, 0.717) is 38.6 Å². The number of hydrogen-bond donors (Lipinski definition) is 1. The average Bonchev–Trinajstić information content (AvgIpc) is 2.84. The van der Waals surface area contributed by atoms with Crippen LogP contribution < -0.4 is 15.0 Å². The Kier molecular flexibility index (Phi) is 6.63. The molecule has 1 aliphatic rings. The van der Waals surface area contributed by atoms with Gasteiger partial charge in [-0.3, -0.25) is 4.79 Å². The molecule has 1 aliphatic heterocycles. The lowest BCUT2D eigenvalue weighted by Gasteiger charge is -2.29. The second-order valence-electron chi connectivity index (χ2n) is 7.27. The highest BCUT2D eigenvalue weighted by Crippen LogP contribution is 2.27. The lowest BCUT2D eigenvalue weighted by Crippen LogP contribution is -2.37. The molecule has 162 valence electrons. The maximum absolute atomic E-state index is 12.8. The van der Waals surface area contributed by atoms with Crippen molar-refractivity contribution in [2.24, 2.45) is 0 Å². The molecule has 2 heterocycles. The number of nitrogens with zero attached hydrogens (tertiary/aromatic N) is 3. The van der Waals surface area contributed by atoms with Crippen LogP contribution in [0.1, 0.15) is 12.5 Å². The Bertz CT molecular complexity index is 1180. The lowest BCUT2D eigenvalue weighted by molar-refractivity contribution is -0.112. The zero-order chi connectivity index (χ0) is 22.3. The zero-order valence-electron chi connectivity index (χ0n) is 17.9. The number of ether oxygens (including phenoxy) is 2. The predicted octanol–water partition coefficient (Wildman–Crippen LogP) is 4.02. The molecule has 0 atom stereocenters. The fourth-order valence-electron chi connectivity index (χ4n) is 3.56. The number of hydrogen-bond acceptors (Lipinski definition) is 6. The molecule has 1 fully saturated rings. The minimum Gasteiger partial charge on any atom is -0.494 e. The van der Waals surface area contributed by atoms with Crippen molar-refractivity contribution in [3.05, 3.63) is 65.7 Å². The Labute approximate surface area is 186 Å². The van der Waals surface area contributed by atoms with Crippen LogP contribution in [0.25, 0.3) is 17.0 Å². The Balaban J connectivity index is 1.65. The summed E-state index contributed by atoms with van der Waals surface area (Å²) in [6.45, 7) is 5.10. The van der Waals surface area contributed by atoms with Gasteiger partial charge in [-0.1, -0.05) is 18.2 Å². The summed E-state index contributed by atoms with van der Waals surface area (Å²) in [5, 5.41) is 13.4. The smallest absolute Gasteiger partial charge is 0.266 e.